The van der Waals surface area contributed by atoms with E-state index < -0.39 is 10.3 Å². The minimum absolute atomic E-state index is 0.434. The molecule has 0 saturated heterocycles. The summed E-state index contributed by atoms with van der Waals surface area (Å²) >= 11 is 11.1. The van der Waals surface area contributed by atoms with Crippen molar-refractivity contribution in [1.29, 1.82) is 0 Å². The molecule has 0 unspecified atom stereocenters. The molecule has 0 heterocycles. The predicted molar refractivity (Wildman–Crippen MR) is 78.5 cm³/mol. The van der Waals surface area contributed by atoms with E-state index in [-0.39, 0.29) is 0 Å². The van der Waals surface area contributed by atoms with Crippen LogP contribution in [0.15, 0.2) is 54.6 Å². The summed E-state index contributed by atoms with van der Waals surface area (Å²) in [4.78, 5) is 0. The van der Waals surface area contributed by atoms with Gasteiger partial charge in [-0.05, 0) is 36.4 Å². The molecule has 0 aliphatic rings. The van der Waals surface area contributed by atoms with Crippen molar-refractivity contribution >= 4 is 39.0 Å². The Morgan fingerprint density at radius 1 is 0.842 bits per heavy atom. The highest BCUT2D eigenvalue weighted by molar-refractivity contribution is 7.71. The van der Waals surface area contributed by atoms with Crippen LogP contribution in [0.5, 0.6) is 5.75 Å². The standard InChI is InChI=1S/C7H5ClO3S.C6H5Cl/c8-6-1-3-7(4-2-6)11-5-12(9)10;7-6-4-2-1-3-5-6/h1-5H;1-5H. The third kappa shape index (κ3) is 7.51. The molecular weight excluding hydrogens is 307 g/mol. The fourth-order valence-corrected chi connectivity index (χ4v) is 1.48. The van der Waals surface area contributed by atoms with Gasteiger partial charge in [0.2, 0.25) is 15.8 Å². The Labute approximate surface area is 122 Å². The molecule has 2 rings (SSSR count). The summed E-state index contributed by atoms with van der Waals surface area (Å²) in [6.45, 7) is 0. The van der Waals surface area contributed by atoms with Crippen LogP contribution in [0.1, 0.15) is 0 Å². The van der Waals surface area contributed by atoms with Crippen LogP contribution in [0.3, 0.4) is 0 Å². The summed E-state index contributed by atoms with van der Waals surface area (Å²) in [5.41, 5.74) is 0.712. The van der Waals surface area contributed by atoms with Crippen molar-refractivity contribution in [2.75, 3.05) is 0 Å². The van der Waals surface area contributed by atoms with Crippen LogP contribution < -0.4 is 4.74 Å². The molecule has 0 saturated carbocycles. The first-order valence-electron chi connectivity index (χ1n) is 5.12. The summed E-state index contributed by atoms with van der Waals surface area (Å²) in [7, 11) is -2.30. The summed E-state index contributed by atoms with van der Waals surface area (Å²) in [6, 6.07) is 15.8. The van der Waals surface area contributed by atoms with Crippen molar-refractivity contribution in [2.45, 2.75) is 0 Å². The number of halogens is 2. The van der Waals surface area contributed by atoms with Gasteiger partial charge in [-0.2, -0.15) is 8.42 Å². The second-order valence-electron chi connectivity index (χ2n) is 3.22. The highest BCUT2D eigenvalue weighted by Gasteiger charge is 1.90. The largest absolute Gasteiger partial charge is 0.449 e. The molecule has 0 bridgehead atoms. The van der Waals surface area contributed by atoms with Crippen molar-refractivity contribution in [1.82, 2.24) is 0 Å². The zero-order chi connectivity index (χ0) is 14.1. The van der Waals surface area contributed by atoms with Gasteiger partial charge in [0.1, 0.15) is 5.75 Å². The Hall–Kier alpha value is -1.49. The molecule has 0 radical (unpaired) electrons. The van der Waals surface area contributed by atoms with Crippen molar-refractivity contribution in [3.05, 3.63) is 64.6 Å². The monoisotopic (exact) mass is 316 g/mol. The lowest BCUT2D eigenvalue weighted by Gasteiger charge is -1.95. The van der Waals surface area contributed by atoms with Gasteiger partial charge in [-0.1, -0.05) is 41.4 Å². The van der Waals surface area contributed by atoms with E-state index in [9.17, 15) is 8.42 Å². The van der Waals surface area contributed by atoms with E-state index in [4.69, 9.17) is 27.9 Å². The number of hydrogen-bond donors (Lipinski definition) is 0. The molecule has 6 heteroatoms. The summed E-state index contributed by atoms with van der Waals surface area (Å²) in [5, 5.41) is 1.37. The van der Waals surface area contributed by atoms with E-state index in [1.165, 1.54) is 0 Å². The molecule has 0 fully saturated rings. The second kappa shape index (κ2) is 8.58. The van der Waals surface area contributed by atoms with Crippen LogP contribution in [-0.4, -0.2) is 14.0 Å². The summed E-state index contributed by atoms with van der Waals surface area (Å²) < 4.78 is 24.8. The molecule has 0 amide bonds. The van der Waals surface area contributed by atoms with E-state index in [1.807, 2.05) is 30.3 Å². The van der Waals surface area contributed by atoms with Gasteiger partial charge in [-0.15, -0.1) is 0 Å². The van der Waals surface area contributed by atoms with Gasteiger partial charge >= 0.3 is 0 Å². The highest BCUT2D eigenvalue weighted by atomic mass is 35.5. The maximum atomic E-state index is 10.0. The van der Waals surface area contributed by atoms with Crippen LogP contribution in [0, 0.1) is 0 Å². The third-order valence-electron chi connectivity index (χ3n) is 1.81. The summed E-state index contributed by atoms with van der Waals surface area (Å²) in [5.74, 6) is 0.434. The lowest BCUT2D eigenvalue weighted by molar-refractivity contribution is 0.576. The van der Waals surface area contributed by atoms with Crippen LogP contribution in [0.25, 0.3) is 0 Å². The molecular formula is C13H10Cl2O3S. The Morgan fingerprint density at radius 2 is 1.37 bits per heavy atom. The average molecular weight is 317 g/mol. The molecule has 0 aliphatic carbocycles. The Bertz CT molecular complexity index is 615. The van der Waals surface area contributed by atoms with Crippen LogP contribution >= 0.6 is 23.2 Å². The lowest BCUT2D eigenvalue weighted by Crippen LogP contribution is -1.89. The minimum Gasteiger partial charge on any atom is -0.449 e. The average Bonchev–Trinajstić information content (AvgIpc) is 2.40. The maximum absolute atomic E-state index is 10.0. The summed E-state index contributed by atoms with van der Waals surface area (Å²) in [6.07, 6.45) is 0. The topological polar surface area (TPSA) is 43.4 Å². The first-order chi connectivity index (χ1) is 9.08. The molecule has 3 nitrogen and oxygen atoms in total. The van der Waals surface area contributed by atoms with Gasteiger partial charge in [0.15, 0.2) is 0 Å². The molecule has 100 valence electrons. The molecule has 0 atom stereocenters. The van der Waals surface area contributed by atoms with Gasteiger partial charge in [0, 0.05) is 10.0 Å². The van der Waals surface area contributed by atoms with Crippen molar-refractivity contribution in [3.63, 3.8) is 0 Å². The van der Waals surface area contributed by atoms with Gasteiger partial charge in [-0.3, -0.25) is 0 Å². The quantitative estimate of drug-likeness (QED) is 0.793. The second-order valence-corrected chi connectivity index (χ2v) is 4.81. The Balaban J connectivity index is 0.000000218. The first-order valence-corrected chi connectivity index (χ1v) is 7.01. The first kappa shape index (κ1) is 15.6. The predicted octanol–water partition coefficient (Wildman–Crippen LogP) is 3.70. The van der Waals surface area contributed by atoms with Gasteiger partial charge in [-0.25, -0.2) is 0 Å². The normalized spacial score (nSPS) is 8.95. The molecule has 0 aromatic heterocycles. The van der Waals surface area contributed by atoms with Crippen LogP contribution in [0.4, 0.5) is 0 Å². The van der Waals surface area contributed by atoms with Crippen molar-refractivity contribution < 1.29 is 13.2 Å². The molecule has 2 aromatic carbocycles. The maximum Gasteiger partial charge on any atom is 0.249 e. The SMILES string of the molecule is Clc1ccccc1.O=S(=O)=COc1ccc(Cl)cc1. The molecule has 0 N–H and O–H groups in total. The zero-order valence-corrected chi connectivity index (χ0v) is 12.0. The van der Waals surface area contributed by atoms with E-state index in [0.29, 0.717) is 16.3 Å². The lowest BCUT2D eigenvalue weighted by atomic mass is 10.3. The minimum atomic E-state index is -2.30. The fourth-order valence-electron chi connectivity index (χ4n) is 1.02. The number of rotatable bonds is 2. The smallest absolute Gasteiger partial charge is 0.249 e. The zero-order valence-electron chi connectivity index (χ0n) is 9.66. The Kier molecular flexibility index (Phi) is 7.03. The van der Waals surface area contributed by atoms with Crippen molar-refractivity contribution in [3.8, 4) is 5.75 Å². The van der Waals surface area contributed by atoms with Crippen molar-refractivity contribution in [2.24, 2.45) is 0 Å². The van der Waals surface area contributed by atoms with E-state index in [0.717, 1.165) is 5.02 Å². The molecule has 2 aromatic rings. The fraction of sp³-hybridized carbons (Fsp3) is 0. The van der Waals surface area contributed by atoms with Crippen LogP contribution in [-0.2, 0) is 10.3 Å². The van der Waals surface area contributed by atoms with Crippen LogP contribution in [0.2, 0.25) is 10.0 Å². The molecule has 0 spiro atoms. The number of ether oxygens (including phenoxy) is 1. The van der Waals surface area contributed by atoms with E-state index >= 15 is 0 Å². The highest BCUT2D eigenvalue weighted by Crippen LogP contribution is 2.14. The van der Waals surface area contributed by atoms with Gasteiger partial charge < -0.3 is 4.74 Å². The van der Waals surface area contributed by atoms with E-state index in [2.05, 4.69) is 0 Å². The van der Waals surface area contributed by atoms with E-state index in [1.54, 1.807) is 24.3 Å². The van der Waals surface area contributed by atoms with Gasteiger partial charge in [0.05, 0.1) is 0 Å². The molecule has 19 heavy (non-hydrogen) atoms. The number of benzene rings is 2. The van der Waals surface area contributed by atoms with Gasteiger partial charge in [0.25, 0.3) is 0 Å². The number of hydrogen-bond acceptors (Lipinski definition) is 3. The Morgan fingerprint density at radius 3 is 1.79 bits per heavy atom. The molecule has 0 aliphatic heterocycles. The third-order valence-corrected chi connectivity index (χ3v) is 2.57.